The molecule has 0 aromatic heterocycles. The van der Waals surface area contributed by atoms with E-state index in [9.17, 15) is 42.2 Å². The molecule has 2 saturated carbocycles. The molecular weight excluding hydrogens is 640 g/mol. The third-order valence-electron chi connectivity index (χ3n) is 7.97. The average molecular weight is 695 g/mol. The number of hydrogen-bond acceptors (Lipinski definition) is 9. The van der Waals surface area contributed by atoms with Crippen LogP contribution in [0, 0.1) is 11.8 Å². The van der Waals surface area contributed by atoms with Gasteiger partial charge in [0.15, 0.2) is 0 Å². The molecule has 15 heteroatoms. The topological polar surface area (TPSA) is 157 Å². The van der Waals surface area contributed by atoms with Crippen LogP contribution < -0.4 is 11.1 Å². The standard InChI is InChI=1S/C18H31F2NO5.C13H23F2NO3.ClH/c1-5-25-15(23)18(19,20)14(22)13(11-12-9-7-6-8-10-12)21-16(24)26-17(2,3)4;1-2-19-12(18)13(14,15)11(17)10(16)8-9-6-4-3-5-7-9;/h12-14,22H,5-11H2,1-4H3,(H,21,24);9-11,17H,2-8,16H2,1H3;1H/t13-,14+;10-,11+;/m00./s1. The molecule has 0 radical (unpaired) electrons. The molecule has 2 aliphatic carbocycles. The van der Waals surface area contributed by atoms with Crippen molar-refractivity contribution in [1.29, 1.82) is 0 Å². The maximum atomic E-state index is 14.3. The predicted octanol–water partition coefficient (Wildman–Crippen LogP) is 5.67. The van der Waals surface area contributed by atoms with Crippen LogP contribution in [-0.4, -0.2) is 83.2 Å². The van der Waals surface area contributed by atoms with Crippen LogP contribution in [0.2, 0.25) is 0 Å². The van der Waals surface area contributed by atoms with E-state index in [1.165, 1.54) is 13.8 Å². The van der Waals surface area contributed by atoms with Crippen LogP contribution in [0.25, 0.3) is 0 Å². The number of rotatable bonds is 13. The van der Waals surface area contributed by atoms with Crippen molar-refractivity contribution in [2.45, 2.75) is 153 Å². The second-order valence-corrected chi connectivity index (χ2v) is 13.0. The van der Waals surface area contributed by atoms with E-state index in [1.807, 2.05) is 0 Å². The normalized spacial score (nSPS) is 19.2. The Bertz CT molecular complexity index is 913. The van der Waals surface area contributed by atoms with Gasteiger partial charge in [0.1, 0.15) is 17.8 Å². The molecule has 10 nitrogen and oxygen atoms in total. The Hall–Kier alpha value is -1.90. The number of alkyl halides is 4. The number of ether oxygens (including phenoxy) is 3. The molecule has 0 saturated heterocycles. The number of hydrogen-bond donors (Lipinski definition) is 4. The summed E-state index contributed by atoms with van der Waals surface area (Å²) in [4.78, 5) is 34.7. The molecule has 0 heterocycles. The molecule has 0 spiro atoms. The number of alkyl carbamates (subject to hydrolysis) is 1. The summed E-state index contributed by atoms with van der Waals surface area (Å²) >= 11 is 0. The Morgan fingerprint density at radius 3 is 1.54 bits per heavy atom. The van der Waals surface area contributed by atoms with Crippen molar-refractivity contribution in [3.8, 4) is 0 Å². The van der Waals surface area contributed by atoms with Gasteiger partial charge in [0.25, 0.3) is 0 Å². The molecule has 2 fully saturated rings. The fraction of sp³-hybridized carbons (Fsp3) is 0.903. The van der Waals surface area contributed by atoms with E-state index < -0.39 is 59.8 Å². The van der Waals surface area contributed by atoms with Gasteiger partial charge in [0.05, 0.1) is 19.3 Å². The van der Waals surface area contributed by atoms with Gasteiger partial charge in [0, 0.05) is 6.04 Å². The van der Waals surface area contributed by atoms with E-state index in [1.54, 1.807) is 20.8 Å². The fourth-order valence-electron chi connectivity index (χ4n) is 5.66. The fourth-order valence-corrected chi connectivity index (χ4v) is 5.66. The van der Waals surface area contributed by atoms with Crippen molar-refractivity contribution in [2.24, 2.45) is 17.6 Å². The van der Waals surface area contributed by atoms with Crippen molar-refractivity contribution < 1.29 is 56.4 Å². The lowest BCUT2D eigenvalue weighted by atomic mass is 9.83. The van der Waals surface area contributed by atoms with Crippen molar-refractivity contribution >= 4 is 30.4 Å². The van der Waals surface area contributed by atoms with Crippen molar-refractivity contribution in [3.63, 3.8) is 0 Å². The molecule has 272 valence electrons. The van der Waals surface area contributed by atoms with Gasteiger partial charge in [-0.2, -0.15) is 17.6 Å². The number of nitrogens with two attached hydrogens (primary N) is 1. The molecule has 2 rings (SSSR count). The van der Waals surface area contributed by atoms with Crippen molar-refractivity contribution in [2.75, 3.05) is 13.2 Å². The molecule has 0 bridgehead atoms. The summed E-state index contributed by atoms with van der Waals surface area (Å²) in [6.45, 7) is 7.39. The maximum absolute atomic E-state index is 14.3. The minimum absolute atomic E-state index is 0. The number of carbonyl (C=O) groups excluding carboxylic acids is 3. The van der Waals surface area contributed by atoms with Gasteiger partial charge in [-0.3, -0.25) is 0 Å². The highest BCUT2D eigenvalue weighted by Crippen LogP contribution is 2.33. The summed E-state index contributed by atoms with van der Waals surface area (Å²) in [5.74, 6) is -11.2. The van der Waals surface area contributed by atoms with Crippen LogP contribution in [0.4, 0.5) is 22.4 Å². The zero-order valence-corrected chi connectivity index (χ0v) is 28.5. The van der Waals surface area contributed by atoms with E-state index in [0.717, 1.165) is 64.2 Å². The SMILES string of the molecule is CCOC(=O)C(F)(F)[C@H](O)[C@@H](N)CC1CCCCC1.CCOC(=O)C(F)(F)[C@H](O)[C@H](CC1CCCCC1)NC(=O)OC(C)(C)C.Cl. The van der Waals surface area contributed by atoms with Crippen LogP contribution in [0.1, 0.15) is 112 Å². The number of halogens is 5. The maximum Gasteiger partial charge on any atom is 0.407 e. The Morgan fingerprint density at radius 2 is 1.15 bits per heavy atom. The molecule has 2 aliphatic rings. The highest BCUT2D eigenvalue weighted by atomic mass is 35.5. The van der Waals surface area contributed by atoms with Gasteiger partial charge < -0.3 is 35.5 Å². The van der Waals surface area contributed by atoms with E-state index >= 15 is 0 Å². The highest BCUT2D eigenvalue weighted by molar-refractivity contribution is 5.85. The Kier molecular flexibility index (Phi) is 19.6. The summed E-state index contributed by atoms with van der Waals surface area (Å²) in [6.07, 6.45) is 4.90. The summed E-state index contributed by atoms with van der Waals surface area (Å²) in [7, 11) is 0. The van der Waals surface area contributed by atoms with Gasteiger partial charge in [-0.05, 0) is 59.3 Å². The first-order valence-electron chi connectivity index (χ1n) is 16.1. The van der Waals surface area contributed by atoms with Crippen LogP contribution in [0.3, 0.4) is 0 Å². The van der Waals surface area contributed by atoms with Crippen molar-refractivity contribution in [3.05, 3.63) is 0 Å². The summed E-state index contributed by atoms with van der Waals surface area (Å²) in [5.41, 5.74) is 4.82. The third kappa shape index (κ3) is 14.9. The molecular formula is C31H55ClF4N2O8. The number of nitrogens with one attached hydrogen (secondary N) is 1. The van der Waals surface area contributed by atoms with E-state index in [2.05, 4.69) is 14.8 Å². The van der Waals surface area contributed by atoms with Crippen LogP contribution in [-0.2, 0) is 23.8 Å². The molecule has 5 N–H and O–H groups in total. The van der Waals surface area contributed by atoms with Gasteiger partial charge >= 0.3 is 29.9 Å². The Balaban J connectivity index is 0.000000902. The lowest BCUT2D eigenvalue weighted by Gasteiger charge is -2.33. The van der Waals surface area contributed by atoms with E-state index in [0.29, 0.717) is 6.42 Å². The zero-order valence-electron chi connectivity index (χ0n) is 27.7. The predicted molar refractivity (Wildman–Crippen MR) is 166 cm³/mol. The van der Waals surface area contributed by atoms with Gasteiger partial charge in [-0.25, -0.2) is 14.4 Å². The number of aliphatic hydroxyl groups excluding tert-OH is 2. The third-order valence-corrected chi connectivity index (χ3v) is 7.97. The molecule has 46 heavy (non-hydrogen) atoms. The molecule has 0 aliphatic heterocycles. The largest absolute Gasteiger partial charge is 0.461 e. The number of esters is 2. The van der Waals surface area contributed by atoms with Crippen LogP contribution in [0.5, 0.6) is 0 Å². The summed E-state index contributed by atoms with van der Waals surface area (Å²) in [6, 6.07) is -2.42. The highest BCUT2D eigenvalue weighted by Gasteiger charge is 2.53. The lowest BCUT2D eigenvalue weighted by molar-refractivity contribution is -0.191. The molecule has 0 aromatic rings. The van der Waals surface area contributed by atoms with E-state index in [4.69, 9.17) is 10.5 Å². The number of carbonyl (C=O) groups is 3. The van der Waals surface area contributed by atoms with Gasteiger partial charge in [-0.15, -0.1) is 12.4 Å². The lowest BCUT2D eigenvalue weighted by Crippen LogP contribution is -2.56. The first kappa shape index (κ1) is 44.1. The minimum atomic E-state index is -4.12. The summed E-state index contributed by atoms with van der Waals surface area (Å²) < 4.78 is 69.5. The molecule has 1 amide bonds. The molecule has 0 unspecified atom stereocenters. The molecule has 4 atom stereocenters. The molecule has 0 aromatic carbocycles. The van der Waals surface area contributed by atoms with Crippen LogP contribution >= 0.6 is 12.4 Å². The second-order valence-electron chi connectivity index (χ2n) is 13.0. The Morgan fingerprint density at radius 1 is 0.761 bits per heavy atom. The van der Waals surface area contributed by atoms with Crippen LogP contribution in [0.15, 0.2) is 0 Å². The average Bonchev–Trinajstić information content (AvgIpc) is 2.96. The van der Waals surface area contributed by atoms with Crippen molar-refractivity contribution in [1.82, 2.24) is 5.32 Å². The number of aliphatic hydroxyl groups is 2. The van der Waals surface area contributed by atoms with Gasteiger partial charge in [-0.1, -0.05) is 64.2 Å². The number of amides is 1. The first-order valence-corrected chi connectivity index (χ1v) is 16.1. The minimum Gasteiger partial charge on any atom is -0.461 e. The second kappa shape index (κ2) is 20.5. The zero-order chi connectivity index (χ0) is 34.4. The summed E-state index contributed by atoms with van der Waals surface area (Å²) in [5, 5.41) is 22.1. The first-order chi connectivity index (χ1) is 20.9. The monoisotopic (exact) mass is 694 g/mol. The quantitative estimate of drug-likeness (QED) is 0.108. The van der Waals surface area contributed by atoms with E-state index in [-0.39, 0.29) is 43.9 Å². The smallest absolute Gasteiger partial charge is 0.407 e. The van der Waals surface area contributed by atoms with Gasteiger partial charge in [0.2, 0.25) is 0 Å². The Labute approximate surface area is 276 Å².